The van der Waals surface area contributed by atoms with Crippen molar-refractivity contribution in [2.24, 2.45) is 10.2 Å². The van der Waals surface area contributed by atoms with Crippen LogP contribution in [0.25, 0.3) is 0 Å². The number of anilines is 2. The molecule has 34 heavy (non-hydrogen) atoms. The van der Waals surface area contributed by atoms with Gasteiger partial charge in [-0.15, -0.1) is 0 Å². The Balaban J connectivity index is 1.76. The number of hydrogen-bond acceptors (Lipinski definition) is 8. The Morgan fingerprint density at radius 1 is 0.618 bits per heavy atom. The molecule has 2 N–H and O–H groups in total. The van der Waals surface area contributed by atoms with E-state index in [1.54, 1.807) is 0 Å². The van der Waals surface area contributed by atoms with Gasteiger partial charge in [0.15, 0.2) is 0 Å². The van der Waals surface area contributed by atoms with E-state index >= 15 is 0 Å². The first-order valence-corrected chi connectivity index (χ1v) is 10.6. The highest BCUT2D eigenvalue weighted by Crippen LogP contribution is 2.39. The highest BCUT2D eigenvalue weighted by Gasteiger charge is 2.18. The number of non-ortho nitro benzene ring substituents is 2. The molecule has 0 atom stereocenters. The summed E-state index contributed by atoms with van der Waals surface area (Å²) in [6, 6.07) is 11.2. The molecule has 3 aromatic rings. The third-order valence-electron chi connectivity index (χ3n) is 4.26. The van der Waals surface area contributed by atoms with Crippen LogP contribution in [0.15, 0.2) is 58.7 Å². The van der Waals surface area contributed by atoms with E-state index in [-0.39, 0.29) is 42.6 Å². The Morgan fingerprint density at radius 2 is 0.912 bits per heavy atom. The molecule has 10 nitrogen and oxygen atoms in total. The topological polar surface area (TPSA) is 135 Å². The quantitative estimate of drug-likeness (QED) is 0.136. The van der Waals surface area contributed by atoms with Crippen molar-refractivity contribution in [3.8, 4) is 0 Å². The summed E-state index contributed by atoms with van der Waals surface area (Å²) < 4.78 is 0. The van der Waals surface area contributed by atoms with Crippen LogP contribution in [0.3, 0.4) is 0 Å². The second-order valence-electron chi connectivity index (χ2n) is 6.43. The molecule has 174 valence electrons. The first-order chi connectivity index (χ1) is 16.2. The van der Waals surface area contributed by atoms with Gasteiger partial charge in [0.25, 0.3) is 11.4 Å². The van der Waals surface area contributed by atoms with Gasteiger partial charge >= 0.3 is 0 Å². The fraction of sp³-hybridized carbons (Fsp3) is 0. The largest absolute Gasteiger partial charge is 0.278 e. The lowest BCUT2D eigenvalue weighted by molar-refractivity contribution is -0.385. The zero-order valence-corrected chi connectivity index (χ0v) is 19.7. The minimum absolute atomic E-state index is 0.0560. The number of rotatable bonds is 8. The SMILES string of the molecule is O=[N+]([O-])c1ccc(NN=Cc2c(Cl)c(Cl)c(C=NNc3ccc([N+](=O)[O-])cc3)c(Cl)c2Cl)cc1. The van der Waals surface area contributed by atoms with Crippen molar-refractivity contribution in [3.05, 3.63) is 100.0 Å². The molecule has 0 fully saturated rings. The summed E-state index contributed by atoms with van der Waals surface area (Å²) in [4.78, 5) is 20.4. The number of nitro groups is 2. The normalized spacial score (nSPS) is 11.2. The molecule has 0 aliphatic rings. The van der Waals surface area contributed by atoms with Crippen molar-refractivity contribution in [1.29, 1.82) is 0 Å². The average Bonchev–Trinajstić information content (AvgIpc) is 2.82. The summed E-state index contributed by atoms with van der Waals surface area (Å²) in [5, 5.41) is 29.7. The number of nitrogens with one attached hydrogen (secondary N) is 2. The summed E-state index contributed by atoms with van der Waals surface area (Å²) in [6.07, 6.45) is 2.61. The highest BCUT2D eigenvalue weighted by atomic mass is 35.5. The second-order valence-corrected chi connectivity index (χ2v) is 7.94. The highest BCUT2D eigenvalue weighted by molar-refractivity contribution is 6.51. The van der Waals surface area contributed by atoms with Crippen LogP contribution < -0.4 is 10.9 Å². The third-order valence-corrected chi connectivity index (χ3v) is 6.03. The summed E-state index contributed by atoms with van der Waals surface area (Å²) >= 11 is 25.4. The molecule has 0 aliphatic carbocycles. The van der Waals surface area contributed by atoms with E-state index in [0.29, 0.717) is 11.4 Å². The Kier molecular flexibility index (Phi) is 8.24. The maximum absolute atomic E-state index is 10.7. The van der Waals surface area contributed by atoms with Gasteiger partial charge in [-0.1, -0.05) is 46.4 Å². The monoisotopic (exact) mass is 540 g/mol. The lowest BCUT2D eigenvalue weighted by atomic mass is 10.1. The number of halogens is 4. The molecule has 3 aromatic carbocycles. The van der Waals surface area contributed by atoms with Crippen molar-refractivity contribution in [3.63, 3.8) is 0 Å². The molecule has 14 heteroatoms. The minimum atomic E-state index is -0.511. The molecule has 0 aromatic heterocycles. The van der Waals surface area contributed by atoms with Gasteiger partial charge in [-0.3, -0.25) is 31.1 Å². The fourth-order valence-corrected chi connectivity index (χ4v) is 3.63. The van der Waals surface area contributed by atoms with Crippen molar-refractivity contribution in [2.75, 3.05) is 10.9 Å². The van der Waals surface area contributed by atoms with E-state index in [1.165, 1.54) is 61.0 Å². The van der Waals surface area contributed by atoms with E-state index in [1.807, 2.05) is 0 Å². The van der Waals surface area contributed by atoms with Crippen LogP contribution >= 0.6 is 46.4 Å². The molecule has 0 saturated carbocycles. The number of nitro benzene ring substituents is 2. The Labute approximate surface area is 212 Å². The maximum atomic E-state index is 10.7. The first-order valence-electron chi connectivity index (χ1n) is 9.12. The van der Waals surface area contributed by atoms with Gasteiger partial charge in [-0.2, -0.15) is 10.2 Å². The molecule has 3 rings (SSSR count). The Bertz CT molecular complexity index is 1170. The maximum Gasteiger partial charge on any atom is 0.269 e. The summed E-state index contributed by atoms with van der Waals surface area (Å²) in [6.45, 7) is 0. The average molecular weight is 542 g/mol. The zero-order chi connectivity index (χ0) is 24.8. The van der Waals surface area contributed by atoms with E-state index in [9.17, 15) is 20.2 Å². The molecule has 0 unspecified atom stereocenters. The van der Waals surface area contributed by atoms with Gasteiger partial charge < -0.3 is 0 Å². The van der Waals surface area contributed by atoms with E-state index < -0.39 is 9.85 Å². The fourth-order valence-electron chi connectivity index (χ4n) is 2.55. The predicted molar refractivity (Wildman–Crippen MR) is 135 cm³/mol. The third kappa shape index (κ3) is 5.91. The van der Waals surface area contributed by atoms with Crippen molar-refractivity contribution < 1.29 is 9.85 Å². The van der Waals surface area contributed by atoms with Crippen LogP contribution in [0.2, 0.25) is 20.1 Å². The van der Waals surface area contributed by atoms with Crippen molar-refractivity contribution in [2.45, 2.75) is 0 Å². The molecule has 0 heterocycles. The first kappa shape index (κ1) is 25.2. The number of hydrazone groups is 2. The van der Waals surface area contributed by atoms with E-state index in [0.717, 1.165) is 0 Å². The second kappa shape index (κ2) is 11.1. The van der Waals surface area contributed by atoms with Gasteiger partial charge in [0.2, 0.25) is 0 Å². The van der Waals surface area contributed by atoms with Gasteiger partial charge in [0.05, 0.1) is 53.7 Å². The van der Waals surface area contributed by atoms with E-state index in [4.69, 9.17) is 46.4 Å². The zero-order valence-electron chi connectivity index (χ0n) is 16.7. The van der Waals surface area contributed by atoms with Gasteiger partial charge in [-0.05, 0) is 24.3 Å². The summed E-state index contributed by atoms with van der Waals surface area (Å²) in [7, 11) is 0. The van der Waals surface area contributed by atoms with E-state index in [2.05, 4.69) is 21.1 Å². The molecule has 0 radical (unpaired) electrons. The molecular weight excluding hydrogens is 530 g/mol. The molecular formula is C20H12Cl4N6O4. The number of benzene rings is 3. The van der Waals surface area contributed by atoms with Crippen LogP contribution in [-0.2, 0) is 0 Å². The number of nitrogens with zero attached hydrogens (tertiary/aromatic N) is 4. The van der Waals surface area contributed by atoms with Crippen LogP contribution in [0, 0.1) is 20.2 Å². The lowest BCUT2D eigenvalue weighted by Crippen LogP contribution is -1.98. The molecule has 0 spiro atoms. The van der Waals surface area contributed by atoms with Crippen LogP contribution in [0.4, 0.5) is 22.7 Å². The smallest absolute Gasteiger partial charge is 0.269 e. The van der Waals surface area contributed by atoms with Gasteiger partial charge in [0.1, 0.15) is 0 Å². The van der Waals surface area contributed by atoms with Crippen LogP contribution in [0.1, 0.15) is 11.1 Å². The standard InChI is InChI=1S/C20H12Cl4N6O4/c21-17-15(9-25-27-11-1-5-13(6-2-11)29(31)32)18(22)20(24)16(19(17)23)10-26-28-12-3-7-14(8-4-12)30(33)34/h1-10,27-28H. The Hall–Kier alpha value is -3.44. The summed E-state index contributed by atoms with van der Waals surface area (Å²) in [5.41, 5.74) is 6.75. The van der Waals surface area contributed by atoms with Gasteiger partial charge in [-0.25, -0.2) is 0 Å². The minimum Gasteiger partial charge on any atom is -0.278 e. The predicted octanol–water partition coefficient (Wildman–Crippen LogP) is 7.01. The molecule has 0 amide bonds. The molecule has 0 aliphatic heterocycles. The molecule has 0 saturated heterocycles. The number of hydrogen-bond donors (Lipinski definition) is 2. The van der Waals surface area contributed by atoms with Gasteiger partial charge in [0, 0.05) is 35.4 Å². The van der Waals surface area contributed by atoms with Crippen LogP contribution in [0.5, 0.6) is 0 Å². The van der Waals surface area contributed by atoms with Crippen LogP contribution in [-0.4, -0.2) is 22.3 Å². The lowest BCUT2D eigenvalue weighted by Gasteiger charge is -2.11. The van der Waals surface area contributed by atoms with Crippen molar-refractivity contribution in [1.82, 2.24) is 0 Å². The van der Waals surface area contributed by atoms with Crippen molar-refractivity contribution >= 4 is 81.6 Å². The summed E-state index contributed by atoms with van der Waals surface area (Å²) in [5.74, 6) is 0. The molecule has 0 bridgehead atoms. The Morgan fingerprint density at radius 3 is 1.18 bits per heavy atom.